The Morgan fingerprint density at radius 3 is 2.45 bits per heavy atom. The minimum Gasteiger partial charge on any atom is -0.454 e. The van der Waals surface area contributed by atoms with Crippen LogP contribution in [0.25, 0.3) is 16.9 Å². The van der Waals surface area contributed by atoms with Crippen LogP contribution in [0.4, 0.5) is 5.82 Å². The summed E-state index contributed by atoms with van der Waals surface area (Å²) in [5.74, 6) is 1.97. The number of para-hydroxylation sites is 1. The highest BCUT2D eigenvalue weighted by atomic mass is 16.7. The van der Waals surface area contributed by atoms with Crippen molar-refractivity contribution in [2.45, 2.75) is 12.3 Å². The van der Waals surface area contributed by atoms with Crippen LogP contribution in [0, 0.1) is 0 Å². The second kappa shape index (κ2) is 7.02. The predicted octanol–water partition coefficient (Wildman–Crippen LogP) is 4.74. The number of nitrogens with one attached hydrogen (secondary N) is 1. The van der Waals surface area contributed by atoms with E-state index in [1.54, 1.807) is 0 Å². The smallest absolute Gasteiger partial charge is 0.231 e. The number of benzene rings is 3. The van der Waals surface area contributed by atoms with E-state index < -0.39 is 0 Å². The number of carbonyl (C=O) groups is 1. The Morgan fingerprint density at radius 2 is 1.65 bits per heavy atom. The monoisotopic (exact) mass is 409 g/mol. The van der Waals surface area contributed by atoms with E-state index in [2.05, 4.69) is 5.32 Å². The molecule has 0 spiro atoms. The zero-order chi connectivity index (χ0) is 20.8. The molecular formula is C25H19N3O3. The van der Waals surface area contributed by atoms with Crippen LogP contribution in [-0.4, -0.2) is 22.5 Å². The third-order valence-corrected chi connectivity index (χ3v) is 5.76. The van der Waals surface area contributed by atoms with E-state index in [-0.39, 0.29) is 18.6 Å². The molecular weight excluding hydrogens is 390 g/mol. The van der Waals surface area contributed by atoms with Crippen molar-refractivity contribution in [3.05, 3.63) is 90.0 Å². The lowest BCUT2D eigenvalue weighted by atomic mass is 9.84. The number of fused-ring (bicyclic) bond motifs is 2. The number of rotatable bonds is 3. The molecule has 4 aromatic rings. The van der Waals surface area contributed by atoms with Gasteiger partial charge in [0.25, 0.3) is 0 Å². The summed E-state index contributed by atoms with van der Waals surface area (Å²) in [6.07, 6.45) is 0.340. The highest BCUT2D eigenvalue weighted by Gasteiger charge is 2.35. The third-order valence-electron chi connectivity index (χ3n) is 5.76. The lowest BCUT2D eigenvalue weighted by Gasteiger charge is -2.25. The molecule has 1 amide bonds. The van der Waals surface area contributed by atoms with E-state index in [1.165, 1.54) is 0 Å². The number of ether oxygens (including phenoxy) is 2. The van der Waals surface area contributed by atoms with Gasteiger partial charge >= 0.3 is 0 Å². The molecule has 0 saturated carbocycles. The number of aromatic nitrogens is 2. The Kier molecular flexibility index (Phi) is 4.02. The van der Waals surface area contributed by atoms with Gasteiger partial charge in [-0.2, -0.15) is 5.10 Å². The summed E-state index contributed by atoms with van der Waals surface area (Å²) in [5, 5.41) is 8.04. The van der Waals surface area contributed by atoms with Gasteiger partial charge in [0.2, 0.25) is 12.7 Å². The molecule has 31 heavy (non-hydrogen) atoms. The molecule has 0 bridgehead atoms. The van der Waals surface area contributed by atoms with E-state index in [0.717, 1.165) is 33.8 Å². The molecule has 3 heterocycles. The van der Waals surface area contributed by atoms with Crippen LogP contribution in [0.15, 0.2) is 78.9 Å². The Morgan fingerprint density at radius 1 is 0.903 bits per heavy atom. The van der Waals surface area contributed by atoms with Crippen molar-refractivity contribution in [1.29, 1.82) is 0 Å². The molecule has 1 aromatic heterocycles. The van der Waals surface area contributed by atoms with Crippen molar-refractivity contribution < 1.29 is 14.3 Å². The van der Waals surface area contributed by atoms with Crippen molar-refractivity contribution in [3.8, 4) is 28.4 Å². The fourth-order valence-electron chi connectivity index (χ4n) is 4.33. The summed E-state index contributed by atoms with van der Waals surface area (Å²) in [7, 11) is 0. The molecule has 6 nitrogen and oxygen atoms in total. The second-order valence-corrected chi connectivity index (χ2v) is 7.64. The normalized spacial score (nSPS) is 16.6. The molecule has 152 valence electrons. The zero-order valence-electron chi connectivity index (χ0n) is 16.6. The van der Waals surface area contributed by atoms with Gasteiger partial charge in [-0.3, -0.25) is 4.79 Å². The van der Waals surface area contributed by atoms with Gasteiger partial charge in [-0.05, 0) is 29.8 Å². The standard InChI is InChI=1S/C25H19N3O3/c29-22-14-19(17-11-12-20-21(13-17)31-15-30-20)23-24(16-7-3-1-4-8-16)27-28(25(23)26-22)18-9-5-2-6-10-18/h1-13,19H,14-15H2,(H,26,29)/t19-/m1/s1. The number of amides is 1. The van der Waals surface area contributed by atoms with Crippen molar-refractivity contribution >= 4 is 11.7 Å². The van der Waals surface area contributed by atoms with Crippen LogP contribution in [0.2, 0.25) is 0 Å². The molecule has 0 radical (unpaired) electrons. The first kappa shape index (κ1) is 17.8. The molecule has 1 N–H and O–H groups in total. The Labute approximate surface area is 179 Å². The van der Waals surface area contributed by atoms with Crippen molar-refractivity contribution in [2.75, 3.05) is 12.1 Å². The number of carbonyl (C=O) groups excluding carboxylic acids is 1. The average molecular weight is 409 g/mol. The molecule has 3 aromatic carbocycles. The van der Waals surface area contributed by atoms with Gasteiger partial charge in [0.1, 0.15) is 5.82 Å². The maximum atomic E-state index is 12.8. The zero-order valence-corrected chi connectivity index (χ0v) is 16.6. The molecule has 0 aliphatic carbocycles. The minimum atomic E-state index is -0.147. The molecule has 2 aliphatic rings. The maximum absolute atomic E-state index is 12.8. The lowest BCUT2D eigenvalue weighted by molar-refractivity contribution is -0.116. The van der Waals surface area contributed by atoms with Gasteiger partial charge in [-0.1, -0.05) is 54.6 Å². The van der Waals surface area contributed by atoms with Gasteiger partial charge in [-0.15, -0.1) is 0 Å². The number of anilines is 1. The van der Waals surface area contributed by atoms with Crippen molar-refractivity contribution in [3.63, 3.8) is 0 Å². The average Bonchev–Trinajstić information content (AvgIpc) is 3.44. The van der Waals surface area contributed by atoms with Gasteiger partial charge < -0.3 is 14.8 Å². The van der Waals surface area contributed by atoms with Crippen LogP contribution >= 0.6 is 0 Å². The largest absolute Gasteiger partial charge is 0.454 e. The number of nitrogens with zero attached hydrogens (tertiary/aromatic N) is 2. The summed E-state index contributed by atoms with van der Waals surface area (Å²) in [6.45, 7) is 0.219. The molecule has 6 heteroatoms. The van der Waals surface area contributed by atoms with Gasteiger partial charge in [-0.25, -0.2) is 4.68 Å². The van der Waals surface area contributed by atoms with Gasteiger partial charge in [0, 0.05) is 23.5 Å². The Balaban J connectivity index is 1.58. The maximum Gasteiger partial charge on any atom is 0.231 e. The first-order valence-corrected chi connectivity index (χ1v) is 10.2. The fraction of sp³-hybridized carbons (Fsp3) is 0.120. The first-order chi connectivity index (χ1) is 15.3. The Hall–Kier alpha value is -4.06. The molecule has 1 atom stereocenters. The van der Waals surface area contributed by atoms with E-state index in [0.29, 0.717) is 18.0 Å². The highest BCUT2D eigenvalue weighted by molar-refractivity contribution is 5.96. The minimum absolute atomic E-state index is 0.0353. The molecule has 0 saturated heterocycles. The van der Waals surface area contributed by atoms with Gasteiger partial charge in [0.15, 0.2) is 11.5 Å². The quantitative estimate of drug-likeness (QED) is 0.531. The van der Waals surface area contributed by atoms with Crippen LogP contribution < -0.4 is 14.8 Å². The van der Waals surface area contributed by atoms with E-state index >= 15 is 0 Å². The summed E-state index contributed by atoms with van der Waals surface area (Å²) >= 11 is 0. The predicted molar refractivity (Wildman–Crippen MR) is 117 cm³/mol. The summed E-state index contributed by atoms with van der Waals surface area (Å²) in [6, 6.07) is 25.8. The molecule has 2 aliphatic heterocycles. The fourth-order valence-corrected chi connectivity index (χ4v) is 4.33. The van der Waals surface area contributed by atoms with E-state index in [4.69, 9.17) is 14.6 Å². The SMILES string of the molecule is O=C1C[C@H](c2ccc3c(c2)OCO3)c2c(-c3ccccc3)nn(-c3ccccc3)c2N1. The number of hydrogen-bond donors (Lipinski definition) is 1. The van der Waals surface area contributed by atoms with Gasteiger partial charge in [0.05, 0.1) is 11.4 Å². The van der Waals surface area contributed by atoms with Crippen LogP contribution in [-0.2, 0) is 4.79 Å². The van der Waals surface area contributed by atoms with Crippen molar-refractivity contribution in [2.24, 2.45) is 0 Å². The molecule has 6 rings (SSSR count). The third kappa shape index (κ3) is 2.95. The van der Waals surface area contributed by atoms with E-state index in [9.17, 15) is 4.79 Å². The topological polar surface area (TPSA) is 65.4 Å². The number of hydrogen-bond acceptors (Lipinski definition) is 4. The van der Waals surface area contributed by atoms with Crippen molar-refractivity contribution in [1.82, 2.24) is 9.78 Å². The first-order valence-electron chi connectivity index (χ1n) is 10.2. The summed E-state index contributed by atoms with van der Waals surface area (Å²) < 4.78 is 12.9. The molecule has 0 unspecified atom stereocenters. The summed E-state index contributed by atoms with van der Waals surface area (Å²) in [4.78, 5) is 12.8. The molecule has 0 fully saturated rings. The lowest BCUT2D eigenvalue weighted by Crippen LogP contribution is -2.24. The summed E-state index contributed by atoms with van der Waals surface area (Å²) in [5.41, 5.74) is 4.78. The van der Waals surface area contributed by atoms with E-state index in [1.807, 2.05) is 83.5 Å². The van der Waals surface area contributed by atoms with Crippen LogP contribution in [0.3, 0.4) is 0 Å². The second-order valence-electron chi connectivity index (χ2n) is 7.64. The van der Waals surface area contributed by atoms with Crippen LogP contribution in [0.1, 0.15) is 23.5 Å². The van der Waals surface area contributed by atoms with Crippen LogP contribution in [0.5, 0.6) is 11.5 Å². The highest BCUT2D eigenvalue weighted by Crippen LogP contribution is 2.45. The Bertz CT molecular complexity index is 1280.